The van der Waals surface area contributed by atoms with Gasteiger partial charge < -0.3 is 10.4 Å². The molecule has 0 unspecified atom stereocenters. The van der Waals surface area contributed by atoms with Crippen molar-refractivity contribution < 1.29 is 9.90 Å². The Morgan fingerprint density at radius 1 is 1.33 bits per heavy atom. The maximum atomic E-state index is 11.7. The van der Waals surface area contributed by atoms with Crippen molar-refractivity contribution in [3.63, 3.8) is 0 Å². The molecule has 1 aromatic heterocycles. The van der Waals surface area contributed by atoms with Crippen LogP contribution in [0.2, 0.25) is 0 Å². The predicted molar refractivity (Wildman–Crippen MR) is 90.1 cm³/mol. The van der Waals surface area contributed by atoms with Crippen molar-refractivity contribution in [1.29, 1.82) is 0 Å². The Bertz CT molecular complexity index is 651. The number of carbonyl (C=O) groups is 1. The van der Waals surface area contributed by atoms with Gasteiger partial charge in [-0.2, -0.15) is 0 Å². The van der Waals surface area contributed by atoms with Crippen molar-refractivity contribution in [2.75, 3.05) is 5.32 Å². The van der Waals surface area contributed by atoms with E-state index in [0.29, 0.717) is 5.69 Å². The van der Waals surface area contributed by atoms with Crippen LogP contribution in [0.1, 0.15) is 10.4 Å². The molecule has 0 radical (unpaired) electrons. The summed E-state index contributed by atoms with van der Waals surface area (Å²) >= 11 is 6.62. The lowest BCUT2D eigenvalue weighted by atomic mass is 10.2. The van der Waals surface area contributed by atoms with E-state index >= 15 is 0 Å². The van der Waals surface area contributed by atoms with Gasteiger partial charge in [-0.1, -0.05) is 18.2 Å². The molecule has 0 saturated heterocycles. The third-order valence-electron chi connectivity index (χ3n) is 2.55. The summed E-state index contributed by atoms with van der Waals surface area (Å²) in [6.45, 7) is -0.0435. The summed E-state index contributed by atoms with van der Waals surface area (Å²) in [5.41, 5.74) is 1.49. The van der Waals surface area contributed by atoms with Crippen molar-refractivity contribution in [1.82, 2.24) is 5.32 Å². The molecule has 2 aromatic rings. The smallest absolute Gasteiger partial charge is 0.250 e. The van der Waals surface area contributed by atoms with Crippen LogP contribution in [0.25, 0.3) is 6.08 Å². The number of hydrogen-bond acceptors (Lipinski definition) is 4. The van der Waals surface area contributed by atoms with E-state index in [1.807, 2.05) is 17.5 Å². The molecule has 0 aliphatic heterocycles. The molecule has 0 spiro atoms. The second-order valence-corrected chi connectivity index (χ2v) is 5.54. The number of thiocarbonyl (C=S) groups is 1. The zero-order chi connectivity index (χ0) is 15.1. The number of amides is 1. The van der Waals surface area contributed by atoms with Crippen molar-refractivity contribution in [2.45, 2.75) is 6.61 Å². The summed E-state index contributed by atoms with van der Waals surface area (Å²) in [4.78, 5) is 12.7. The van der Waals surface area contributed by atoms with Gasteiger partial charge in [0.15, 0.2) is 5.11 Å². The number of aliphatic hydroxyl groups excluding tert-OH is 1. The molecule has 1 heterocycles. The summed E-state index contributed by atoms with van der Waals surface area (Å²) < 4.78 is 0. The number of rotatable bonds is 4. The van der Waals surface area contributed by atoms with Crippen LogP contribution >= 0.6 is 23.6 Å². The number of nitrogens with one attached hydrogen (secondary N) is 2. The Kier molecular flexibility index (Phi) is 5.62. The Balaban J connectivity index is 1.87. The highest BCUT2D eigenvalue weighted by Gasteiger charge is 2.02. The van der Waals surface area contributed by atoms with Crippen LogP contribution in [-0.2, 0) is 11.4 Å². The van der Waals surface area contributed by atoms with E-state index in [-0.39, 0.29) is 17.6 Å². The van der Waals surface area contributed by atoms with Crippen LogP contribution in [0.3, 0.4) is 0 Å². The van der Waals surface area contributed by atoms with Crippen LogP contribution < -0.4 is 10.6 Å². The normalized spacial score (nSPS) is 10.5. The summed E-state index contributed by atoms with van der Waals surface area (Å²) in [5, 5.41) is 16.7. The first kappa shape index (κ1) is 15.4. The van der Waals surface area contributed by atoms with Gasteiger partial charge in [-0.15, -0.1) is 11.3 Å². The predicted octanol–water partition coefficient (Wildman–Crippen LogP) is 2.77. The molecule has 0 saturated carbocycles. The fourth-order valence-corrected chi connectivity index (χ4v) is 2.44. The average molecular weight is 318 g/mol. The standard InChI is InChI=1S/C15H14N2O2S2/c18-10-11-3-1-4-12(9-11)16-15(20)17-14(19)7-6-13-5-2-8-21-13/h1-9,18H,10H2,(H2,16,17,19,20)/b7-6+. The molecular weight excluding hydrogens is 304 g/mol. The second kappa shape index (κ2) is 7.68. The minimum atomic E-state index is -0.292. The Hall–Kier alpha value is -2.02. The van der Waals surface area contributed by atoms with Crippen molar-refractivity contribution >= 4 is 46.3 Å². The maximum absolute atomic E-state index is 11.7. The van der Waals surface area contributed by atoms with E-state index in [0.717, 1.165) is 10.4 Å². The molecule has 1 amide bonds. The van der Waals surface area contributed by atoms with Crippen molar-refractivity contribution in [2.24, 2.45) is 0 Å². The molecule has 0 aliphatic carbocycles. The number of hydrogen-bond donors (Lipinski definition) is 3. The van der Waals surface area contributed by atoms with Crippen LogP contribution in [0.5, 0.6) is 0 Å². The van der Waals surface area contributed by atoms with E-state index < -0.39 is 0 Å². The lowest BCUT2D eigenvalue weighted by molar-refractivity contribution is -0.115. The topological polar surface area (TPSA) is 61.4 Å². The SMILES string of the molecule is O=C(/C=C/c1cccs1)NC(=S)Nc1cccc(CO)c1. The largest absolute Gasteiger partial charge is 0.392 e. The molecule has 0 bridgehead atoms. The van der Waals surface area contributed by atoms with Gasteiger partial charge in [0.2, 0.25) is 5.91 Å². The number of benzene rings is 1. The molecule has 0 atom stereocenters. The molecule has 2 rings (SSSR count). The van der Waals surface area contributed by atoms with E-state index in [2.05, 4.69) is 10.6 Å². The number of aliphatic hydroxyl groups is 1. The lowest BCUT2D eigenvalue weighted by Gasteiger charge is -2.08. The first-order valence-corrected chi connectivity index (χ1v) is 7.49. The fraction of sp³-hybridized carbons (Fsp3) is 0.0667. The van der Waals surface area contributed by atoms with Crippen molar-refractivity contribution in [3.05, 3.63) is 58.3 Å². The Morgan fingerprint density at radius 3 is 2.90 bits per heavy atom. The average Bonchev–Trinajstić information content (AvgIpc) is 2.98. The zero-order valence-electron chi connectivity index (χ0n) is 11.1. The van der Waals surface area contributed by atoms with Gasteiger partial charge in [0.25, 0.3) is 0 Å². The molecular formula is C15H14N2O2S2. The molecule has 0 aliphatic rings. The van der Waals surface area contributed by atoms with Crippen LogP contribution in [-0.4, -0.2) is 16.1 Å². The molecule has 0 fully saturated rings. The highest BCUT2D eigenvalue weighted by atomic mass is 32.1. The number of carbonyl (C=O) groups excluding carboxylic acids is 1. The summed E-state index contributed by atoms with van der Waals surface area (Å²) in [7, 11) is 0. The van der Waals surface area contributed by atoms with Gasteiger partial charge in [-0.25, -0.2) is 0 Å². The maximum Gasteiger partial charge on any atom is 0.250 e. The quantitative estimate of drug-likeness (QED) is 0.599. The zero-order valence-corrected chi connectivity index (χ0v) is 12.7. The minimum absolute atomic E-state index is 0.0435. The fourth-order valence-electron chi connectivity index (χ4n) is 1.61. The molecule has 108 valence electrons. The van der Waals surface area contributed by atoms with E-state index in [4.69, 9.17) is 17.3 Å². The Morgan fingerprint density at radius 2 is 2.19 bits per heavy atom. The first-order chi connectivity index (χ1) is 10.2. The van der Waals surface area contributed by atoms with Crippen molar-refractivity contribution in [3.8, 4) is 0 Å². The van der Waals surface area contributed by atoms with Gasteiger partial charge in [0.05, 0.1) is 6.61 Å². The molecule has 4 nitrogen and oxygen atoms in total. The van der Waals surface area contributed by atoms with Crippen LogP contribution in [0, 0.1) is 0 Å². The van der Waals surface area contributed by atoms with Gasteiger partial charge in [0, 0.05) is 16.6 Å². The summed E-state index contributed by atoms with van der Waals surface area (Å²) in [6.07, 6.45) is 3.17. The lowest BCUT2D eigenvalue weighted by Crippen LogP contribution is -2.32. The highest BCUT2D eigenvalue weighted by molar-refractivity contribution is 7.80. The third kappa shape index (κ3) is 5.11. The van der Waals surface area contributed by atoms with Gasteiger partial charge >= 0.3 is 0 Å². The van der Waals surface area contributed by atoms with Gasteiger partial charge in [0.1, 0.15) is 0 Å². The highest BCUT2D eigenvalue weighted by Crippen LogP contribution is 2.11. The van der Waals surface area contributed by atoms with E-state index in [1.54, 1.807) is 41.7 Å². The minimum Gasteiger partial charge on any atom is -0.392 e. The molecule has 6 heteroatoms. The van der Waals surface area contributed by atoms with E-state index in [1.165, 1.54) is 6.08 Å². The monoisotopic (exact) mass is 318 g/mol. The van der Waals surface area contributed by atoms with Crippen LogP contribution in [0.15, 0.2) is 47.9 Å². The first-order valence-electron chi connectivity index (χ1n) is 6.21. The Labute approximate surface area is 132 Å². The molecule has 3 N–H and O–H groups in total. The molecule has 21 heavy (non-hydrogen) atoms. The number of thiophene rings is 1. The van der Waals surface area contributed by atoms with E-state index in [9.17, 15) is 4.79 Å². The van der Waals surface area contributed by atoms with Gasteiger partial charge in [-0.05, 0) is 47.4 Å². The second-order valence-electron chi connectivity index (χ2n) is 4.15. The summed E-state index contributed by atoms with van der Waals surface area (Å²) in [6, 6.07) is 11.0. The van der Waals surface area contributed by atoms with Crippen LogP contribution in [0.4, 0.5) is 5.69 Å². The molecule has 1 aromatic carbocycles. The summed E-state index contributed by atoms with van der Waals surface area (Å²) in [5.74, 6) is -0.292. The van der Waals surface area contributed by atoms with Gasteiger partial charge in [-0.3, -0.25) is 10.1 Å². The third-order valence-corrected chi connectivity index (χ3v) is 3.59. The number of anilines is 1.